The molecule has 1 unspecified atom stereocenters. The molecule has 5 N–H and O–H groups in total. The minimum absolute atomic E-state index is 0.0112. The maximum atomic E-state index is 13.1. The summed E-state index contributed by atoms with van der Waals surface area (Å²) in [7, 11) is -3.92. The van der Waals surface area contributed by atoms with Crippen LogP contribution in [0.1, 0.15) is 35.1 Å². The first-order valence-corrected chi connectivity index (χ1v) is 15.7. The number of aliphatic hydroxyl groups is 3. The van der Waals surface area contributed by atoms with Gasteiger partial charge in [-0.1, -0.05) is 12.1 Å². The van der Waals surface area contributed by atoms with Gasteiger partial charge in [0.2, 0.25) is 10.0 Å². The predicted octanol–water partition coefficient (Wildman–Crippen LogP) is 1.05. The summed E-state index contributed by atoms with van der Waals surface area (Å²) >= 11 is -1.90. The Morgan fingerprint density at radius 1 is 1.12 bits per heavy atom. The molecule has 1 atom stereocenters. The predicted molar refractivity (Wildman–Crippen MR) is 152 cm³/mol. The minimum Gasteiger partial charge on any atom is -0.593 e. The van der Waals surface area contributed by atoms with Gasteiger partial charge in [0.05, 0.1) is 36.7 Å². The number of amides is 1. The van der Waals surface area contributed by atoms with Gasteiger partial charge in [-0.05, 0) is 67.3 Å². The standard InChI is InChI=1S/C27H31F3N4O7S2/c1-18-13-22(42(39)33-25(15-35,16-36)17-37)6-5-19(18)7-12-43(40,41)34-10-8-26(9-11-34)24(38)31-23(32-26)20-3-2-4-21(14-20)27(28,29)30/h2-7,12-14,33,35-37H,8-11,15-17H2,1H3,(H,31,32,38)/b12-7+. The average molecular weight is 645 g/mol. The van der Waals surface area contributed by atoms with Crippen molar-refractivity contribution >= 4 is 39.2 Å². The lowest BCUT2D eigenvalue weighted by Gasteiger charge is -2.34. The Bertz CT molecular complexity index is 1510. The third kappa shape index (κ3) is 7.12. The van der Waals surface area contributed by atoms with Crippen molar-refractivity contribution in [3.8, 4) is 0 Å². The van der Waals surface area contributed by atoms with E-state index in [0.717, 1.165) is 17.5 Å². The first-order chi connectivity index (χ1) is 20.2. The van der Waals surface area contributed by atoms with E-state index in [1.54, 1.807) is 13.0 Å². The number of hydrogen-bond donors (Lipinski definition) is 5. The highest BCUT2D eigenvalue weighted by molar-refractivity contribution is 7.92. The number of benzene rings is 2. The number of nitrogens with one attached hydrogen (secondary N) is 2. The molecule has 0 aliphatic carbocycles. The molecule has 0 aromatic heterocycles. The minimum atomic E-state index is -4.56. The van der Waals surface area contributed by atoms with Crippen LogP contribution < -0.4 is 10.0 Å². The summed E-state index contributed by atoms with van der Waals surface area (Å²) < 4.78 is 81.9. The summed E-state index contributed by atoms with van der Waals surface area (Å²) in [5, 5.41) is 31.9. The number of sulfonamides is 1. The van der Waals surface area contributed by atoms with Crippen molar-refractivity contribution in [1.82, 2.24) is 14.3 Å². The van der Waals surface area contributed by atoms with Crippen molar-refractivity contribution in [2.75, 3.05) is 32.9 Å². The van der Waals surface area contributed by atoms with Crippen LogP contribution in [0.15, 0.2) is 57.8 Å². The largest absolute Gasteiger partial charge is 0.593 e. The molecule has 11 nitrogen and oxygen atoms in total. The fourth-order valence-corrected chi connectivity index (χ4v) is 7.01. The third-order valence-corrected chi connectivity index (χ3v) is 10.3. The molecule has 2 heterocycles. The number of nitrogens with zero attached hydrogens (tertiary/aromatic N) is 2. The second-order valence-electron chi connectivity index (χ2n) is 10.4. The van der Waals surface area contributed by atoms with Crippen molar-refractivity contribution in [1.29, 1.82) is 0 Å². The molecule has 2 aliphatic heterocycles. The second-order valence-corrected chi connectivity index (χ2v) is 13.4. The zero-order valence-corrected chi connectivity index (χ0v) is 24.6. The number of amidine groups is 1. The molecule has 2 aromatic carbocycles. The maximum Gasteiger partial charge on any atom is 0.416 e. The molecule has 16 heteroatoms. The van der Waals surface area contributed by atoms with Crippen molar-refractivity contribution in [3.63, 3.8) is 0 Å². The van der Waals surface area contributed by atoms with Gasteiger partial charge >= 0.3 is 6.18 Å². The first-order valence-electron chi connectivity index (χ1n) is 13.1. The number of aryl methyl sites for hydroxylation is 1. The highest BCUT2D eigenvalue weighted by atomic mass is 32.2. The molecule has 2 aromatic rings. The van der Waals surface area contributed by atoms with Gasteiger partial charge in [0, 0.05) is 24.1 Å². The second kappa shape index (κ2) is 12.6. The summed E-state index contributed by atoms with van der Waals surface area (Å²) in [6, 6.07) is 9.01. The Labute approximate surface area is 249 Å². The van der Waals surface area contributed by atoms with E-state index < -0.39 is 69.9 Å². The molecule has 43 heavy (non-hydrogen) atoms. The van der Waals surface area contributed by atoms with Crippen molar-refractivity contribution in [2.24, 2.45) is 4.99 Å². The summed E-state index contributed by atoms with van der Waals surface area (Å²) in [6.45, 7) is -0.373. The average Bonchev–Trinajstić information content (AvgIpc) is 3.30. The molecule has 1 spiro atoms. The Hall–Kier alpha value is -2.83. The van der Waals surface area contributed by atoms with E-state index in [1.807, 2.05) is 0 Å². The molecule has 1 amide bonds. The quantitative estimate of drug-likeness (QED) is 0.239. The number of hydrogen-bond acceptors (Lipinski definition) is 9. The van der Waals surface area contributed by atoms with Crippen LogP contribution in [-0.4, -0.2) is 88.3 Å². The fourth-order valence-electron chi connectivity index (χ4n) is 4.64. The molecular weight excluding hydrogens is 613 g/mol. The number of halogens is 3. The van der Waals surface area contributed by atoms with E-state index in [1.165, 1.54) is 34.6 Å². The number of rotatable bonds is 10. The lowest BCUT2D eigenvalue weighted by molar-refractivity contribution is -0.137. The van der Waals surface area contributed by atoms with E-state index in [2.05, 4.69) is 15.0 Å². The van der Waals surface area contributed by atoms with Gasteiger partial charge in [-0.3, -0.25) is 9.79 Å². The fraction of sp³-hybridized carbons (Fsp3) is 0.407. The Morgan fingerprint density at radius 2 is 1.77 bits per heavy atom. The normalized spacial score (nSPS) is 18.7. The maximum absolute atomic E-state index is 13.1. The van der Waals surface area contributed by atoms with E-state index >= 15 is 0 Å². The van der Waals surface area contributed by atoms with Crippen molar-refractivity contribution in [2.45, 2.75) is 41.9 Å². The number of aliphatic imine (C=N–C) groups is 1. The van der Waals surface area contributed by atoms with Crippen LogP contribution in [0, 0.1) is 6.92 Å². The van der Waals surface area contributed by atoms with Crippen molar-refractivity contribution in [3.05, 3.63) is 70.1 Å². The van der Waals surface area contributed by atoms with Gasteiger partial charge in [0.1, 0.15) is 16.9 Å². The lowest BCUT2D eigenvalue weighted by Crippen LogP contribution is -2.56. The van der Waals surface area contributed by atoms with Gasteiger partial charge in [-0.15, -0.1) is 4.72 Å². The molecule has 0 saturated carbocycles. The molecule has 234 valence electrons. The SMILES string of the molecule is Cc1cc([S+]([O-])NC(CO)(CO)CO)ccc1/C=C/S(=O)(=O)N1CCC2(CC1)N=C(c1cccc(C(F)(F)F)c1)NC2=O. The molecular formula is C27H31F3N4O7S2. The Kier molecular flexibility index (Phi) is 9.73. The highest BCUT2D eigenvalue weighted by Crippen LogP contribution is 2.34. The summed E-state index contributed by atoms with van der Waals surface area (Å²) in [5.74, 6) is -0.485. The topological polar surface area (TPSA) is 175 Å². The summed E-state index contributed by atoms with van der Waals surface area (Å²) in [6.07, 6.45) is -3.11. The van der Waals surface area contributed by atoms with Crippen LogP contribution in [-0.2, 0) is 32.4 Å². The van der Waals surface area contributed by atoms with E-state index in [-0.39, 0.29) is 42.2 Å². The van der Waals surface area contributed by atoms with Crippen LogP contribution in [0.5, 0.6) is 0 Å². The third-order valence-electron chi connectivity index (χ3n) is 7.45. The Morgan fingerprint density at radius 3 is 2.35 bits per heavy atom. The van der Waals surface area contributed by atoms with Crippen LogP contribution >= 0.6 is 0 Å². The van der Waals surface area contributed by atoms with Crippen LogP contribution in [0.2, 0.25) is 0 Å². The molecule has 4 rings (SSSR count). The van der Waals surface area contributed by atoms with E-state index in [9.17, 15) is 46.3 Å². The monoisotopic (exact) mass is 644 g/mol. The number of aliphatic hydroxyl groups excluding tert-OH is 3. The number of alkyl halides is 3. The molecule has 0 radical (unpaired) electrons. The molecule has 1 saturated heterocycles. The number of carbonyl (C=O) groups excluding carboxylic acids is 1. The zero-order valence-electron chi connectivity index (χ0n) is 23.0. The smallest absolute Gasteiger partial charge is 0.416 e. The van der Waals surface area contributed by atoms with Gasteiger partial charge in [0.25, 0.3) is 5.91 Å². The lowest BCUT2D eigenvalue weighted by atomic mass is 9.89. The summed E-state index contributed by atoms with van der Waals surface area (Å²) in [5.41, 5.74) is -2.51. The Balaban J connectivity index is 1.43. The molecule has 1 fully saturated rings. The highest BCUT2D eigenvalue weighted by Gasteiger charge is 2.47. The van der Waals surface area contributed by atoms with E-state index in [0.29, 0.717) is 11.1 Å². The number of piperidine rings is 1. The van der Waals surface area contributed by atoms with Gasteiger partial charge in [-0.2, -0.15) is 17.5 Å². The first kappa shape index (κ1) is 33.1. The summed E-state index contributed by atoms with van der Waals surface area (Å²) in [4.78, 5) is 17.5. The van der Waals surface area contributed by atoms with Crippen LogP contribution in [0.25, 0.3) is 6.08 Å². The molecule has 0 bridgehead atoms. The number of carbonyl (C=O) groups is 1. The van der Waals surface area contributed by atoms with Crippen molar-refractivity contribution < 1.29 is 46.3 Å². The van der Waals surface area contributed by atoms with Gasteiger partial charge in [0.15, 0.2) is 4.90 Å². The van der Waals surface area contributed by atoms with Gasteiger partial charge in [-0.25, -0.2) is 8.42 Å². The van der Waals surface area contributed by atoms with E-state index in [4.69, 9.17) is 0 Å². The van der Waals surface area contributed by atoms with Gasteiger partial charge < -0.3 is 25.2 Å². The zero-order chi connectivity index (χ0) is 31.6. The van der Waals surface area contributed by atoms with Crippen LogP contribution in [0.4, 0.5) is 13.2 Å². The molecule has 2 aliphatic rings. The van der Waals surface area contributed by atoms with Crippen LogP contribution in [0.3, 0.4) is 0 Å².